The lowest BCUT2D eigenvalue weighted by Gasteiger charge is -2.22. The summed E-state index contributed by atoms with van der Waals surface area (Å²) in [6.45, 7) is 7.92. The van der Waals surface area contributed by atoms with E-state index in [2.05, 4.69) is 5.32 Å². The van der Waals surface area contributed by atoms with Gasteiger partial charge in [-0.25, -0.2) is 9.59 Å². The minimum absolute atomic E-state index is 0.0952. The van der Waals surface area contributed by atoms with E-state index in [1.165, 1.54) is 13.8 Å². The lowest BCUT2D eigenvalue weighted by atomic mass is 10.2. The fourth-order valence-electron chi connectivity index (χ4n) is 1.75. The molecule has 0 unspecified atom stereocenters. The maximum absolute atomic E-state index is 12.2. The molecule has 0 fully saturated rings. The minimum Gasteiger partial charge on any atom is -0.459 e. The van der Waals surface area contributed by atoms with Crippen LogP contribution in [0.3, 0.4) is 0 Å². The fourth-order valence-corrected chi connectivity index (χ4v) is 1.75. The molecular weight excluding hydrogens is 324 g/mol. The van der Waals surface area contributed by atoms with Crippen LogP contribution in [0.2, 0.25) is 1.41 Å². The number of esters is 1. The van der Waals surface area contributed by atoms with Crippen molar-refractivity contribution in [3.63, 3.8) is 0 Å². The molecule has 0 saturated carbocycles. The predicted molar refractivity (Wildman–Crippen MR) is 92.7 cm³/mol. The summed E-state index contributed by atoms with van der Waals surface area (Å²) < 4.78 is 17.9. The summed E-state index contributed by atoms with van der Waals surface area (Å²) in [5.41, 5.74) is 0.0520. The molecule has 0 saturated heterocycles. The Kier molecular flexibility index (Phi) is 6.80. The van der Waals surface area contributed by atoms with Crippen LogP contribution >= 0.6 is 0 Å². The van der Waals surface area contributed by atoms with Crippen LogP contribution in [0, 0.1) is 0 Å². The molecule has 1 aromatic carbocycles. The highest BCUT2D eigenvalue weighted by Crippen LogP contribution is 2.07. The van der Waals surface area contributed by atoms with Gasteiger partial charge in [-0.05, 0) is 40.2 Å². The molecule has 0 aliphatic heterocycles. The van der Waals surface area contributed by atoms with Crippen LogP contribution in [0.5, 0.6) is 0 Å². The van der Waals surface area contributed by atoms with Gasteiger partial charge in [0.25, 0.3) is 0 Å². The van der Waals surface area contributed by atoms with Crippen LogP contribution in [0.15, 0.2) is 30.3 Å². The highest BCUT2D eigenvalue weighted by molar-refractivity contribution is 5.89. The normalized spacial score (nSPS) is 13.9. The van der Waals surface area contributed by atoms with Gasteiger partial charge in [-0.2, -0.15) is 0 Å². The van der Waals surface area contributed by atoms with Gasteiger partial charge in [0.15, 0.2) is 1.41 Å². The molecule has 1 rings (SSSR count). The summed E-state index contributed by atoms with van der Waals surface area (Å²) in [5, 5.41) is 2.86. The second-order valence-corrected chi connectivity index (χ2v) is 6.61. The van der Waals surface area contributed by atoms with Crippen LogP contribution in [0.25, 0.3) is 0 Å². The lowest BCUT2D eigenvalue weighted by Crippen LogP contribution is -2.50. The molecule has 2 atom stereocenters. The number of carbonyl (C=O) groups is 3. The second-order valence-electron chi connectivity index (χ2n) is 6.61. The van der Waals surface area contributed by atoms with Crippen molar-refractivity contribution in [3.05, 3.63) is 35.9 Å². The number of nitrogens with one attached hydrogen (secondary N) is 2. The second kappa shape index (κ2) is 9.05. The number of ether oxygens (including phenoxy) is 2. The van der Waals surface area contributed by atoms with Crippen LogP contribution in [0.1, 0.15) is 40.2 Å². The van der Waals surface area contributed by atoms with Crippen LogP contribution in [-0.2, 0) is 25.7 Å². The summed E-state index contributed by atoms with van der Waals surface area (Å²) in [7, 11) is 0. The van der Waals surface area contributed by atoms with Crippen LogP contribution in [0.4, 0.5) is 4.79 Å². The summed E-state index contributed by atoms with van der Waals surface area (Å²) >= 11 is 0. The van der Waals surface area contributed by atoms with Crippen molar-refractivity contribution in [2.75, 3.05) is 0 Å². The minimum atomic E-state index is -1.13. The van der Waals surface area contributed by atoms with E-state index in [0.717, 1.165) is 5.56 Å². The van der Waals surface area contributed by atoms with Gasteiger partial charge in [0.1, 0.15) is 24.3 Å². The summed E-state index contributed by atoms with van der Waals surface area (Å²) in [5.74, 6) is -1.27. The Bertz CT molecular complexity index is 630. The summed E-state index contributed by atoms with van der Waals surface area (Å²) in [6, 6.07) is 7.10. The molecule has 2 amide bonds. The van der Waals surface area contributed by atoms with E-state index in [1.54, 1.807) is 20.8 Å². The van der Waals surface area contributed by atoms with Crippen LogP contribution in [-0.4, -0.2) is 35.7 Å². The third-order valence-corrected chi connectivity index (χ3v) is 3.01. The average molecular weight is 351 g/mol. The maximum Gasteiger partial charge on any atom is 0.408 e. The van der Waals surface area contributed by atoms with Gasteiger partial charge in [0.05, 0.1) is 0 Å². The fraction of sp³-hybridized carbons (Fsp3) is 0.500. The third-order valence-electron chi connectivity index (χ3n) is 3.01. The van der Waals surface area contributed by atoms with Crippen molar-refractivity contribution in [3.8, 4) is 0 Å². The Morgan fingerprint density at radius 2 is 1.72 bits per heavy atom. The Morgan fingerprint density at radius 1 is 1.12 bits per heavy atom. The van der Waals surface area contributed by atoms with E-state index in [9.17, 15) is 14.4 Å². The van der Waals surface area contributed by atoms with E-state index in [1.807, 2.05) is 30.3 Å². The zero-order valence-corrected chi connectivity index (χ0v) is 15.2. The van der Waals surface area contributed by atoms with Crippen molar-refractivity contribution < 1.29 is 25.3 Å². The number of carbonyl (C=O) groups excluding carboxylic acids is 3. The van der Waals surface area contributed by atoms with E-state index in [4.69, 9.17) is 10.9 Å². The SMILES string of the molecule is [2H]N(C(=O)OC(C)(C)C)[C@H](C)C(=O)N[C@@H](C)C(=O)OCc1ccccc1. The van der Waals surface area contributed by atoms with Crippen molar-refractivity contribution in [2.24, 2.45) is 0 Å². The zero-order chi connectivity index (χ0) is 19.9. The molecule has 2 N–H and O–H groups in total. The molecule has 0 radical (unpaired) electrons. The first-order valence-electron chi connectivity index (χ1n) is 8.48. The average Bonchev–Trinajstić information content (AvgIpc) is 2.57. The molecular formula is C18H26N2O5. The number of benzene rings is 1. The highest BCUT2D eigenvalue weighted by Gasteiger charge is 2.24. The van der Waals surface area contributed by atoms with Crippen molar-refractivity contribution in [1.29, 1.82) is 0 Å². The Hall–Kier alpha value is -2.57. The first kappa shape index (κ1) is 18.8. The van der Waals surface area contributed by atoms with Gasteiger partial charge >= 0.3 is 12.1 Å². The Labute approximate surface area is 149 Å². The van der Waals surface area contributed by atoms with Gasteiger partial charge in [0, 0.05) is 0 Å². The first-order chi connectivity index (χ1) is 12.0. The van der Waals surface area contributed by atoms with Gasteiger partial charge < -0.3 is 20.1 Å². The zero-order valence-electron chi connectivity index (χ0n) is 16.2. The molecule has 0 heterocycles. The molecule has 1 aromatic rings. The van der Waals surface area contributed by atoms with E-state index < -0.39 is 35.7 Å². The van der Waals surface area contributed by atoms with Crippen molar-refractivity contribution >= 4 is 18.0 Å². The molecule has 7 nitrogen and oxygen atoms in total. The number of hydrogen-bond donors (Lipinski definition) is 2. The van der Waals surface area contributed by atoms with E-state index >= 15 is 0 Å². The molecule has 0 aliphatic carbocycles. The largest absolute Gasteiger partial charge is 0.459 e. The number of hydrogen-bond acceptors (Lipinski definition) is 5. The van der Waals surface area contributed by atoms with Gasteiger partial charge in [-0.3, -0.25) is 4.79 Å². The number of rotatable bonds is 6. The maximum atomic E-state index is 12.2. The Balaban J connectivity index is 2.51. The van der Waals surface area contributed by atoms with E-state index in [-0.39, 0.29) is 6.61 Å². The predicted octanol–water partition coefficient (Wildman–Crippen LogP) is 2.15. The highest BCUT2D eigenvalue weighted by atomic mass is 16.6. The van der Waals surface area contributed by atoms with Gasteiger partial charge in [-0.15, -0.1) is 0 Å². The Morgan fingerprint density at radius 3 is 2.28 bits per heavy atom. The number of alkyl carbamates (subject to hydrolysis) is 1. The smallest absolute Gasteiger partial charge is 0.408 e. The van der Waals surface area contributed by atoms with Crippen molar-refractivity contribution in [2.45, 2.75) is 58.9 Å². The molecule has 0 spiro atoms. The molecule has 0 aromatic heterocycles. The summed E-state index contributed by atoms with van der Waals surface area (Å²) in [6.07, 6.45) is -0.945. The number of amides is 2. The van der Waals surface area contributed by atoms with Crippen LogP contribution < -0.4 is 10.6 Å². The topological polar surface area (TPSA) is 93.7 Å². The van der Waals surface area contributed by atoms with E-state index in [0.29, 0.717) is 5.31 Å². The molecule has 7 heteroatoms. The van der Waals surface area contributed by atoms with Gasteiger partial charge in [0.2, 0.25) is 5.91 Å². The molecule has 0 bridgehead atoms. The monoisotopic (exact) mass is 351 g/mol. The summed E-state index contributed by atoms with van der Waals surface area (Å²) in [4.78, 5) is 36.0. The molecule has 25 heavy (non-hydrogen) atoms. The standard InChI is InChI=1S/C18H26N2O5/c1-12(20-17(23)25-18(3,4)5)15(21)19-13(2)16(22)24-11-14-9-7-6-8-10-14/h6-10,12-13H,11H2,1-5H3,(H,19,21)(H,20,23)/t12-,13+/m1/s1/i/hD. The first-order valence-corrected chi connectivity index (χ1v) is 8.03. The molecule has 138 valence electrons. The molecule has 0 aliphatic rings. The van der Waals surface area contributed by atoms with Crippen molar-refractivity contribution in [1.82, 2.24) is 10.6 Å². The third kappa shape index (κ3) is 8.19. The van der Waals surface area contributed by atoms with Gasteiger partial charge in [-0.1, -0.05) is 30.3 Å². The lowest BCUT2D eigenvalue weighted by molar-refractivity contribution is -0.148. The quantitative estimate of drug-likeness (QED) is 0.766.